The summed E-state index contributed by atoms with van der Waals surface area (Å²) in [5.74, 6) is -0.600. The van der Waals surface area contributed by atoms with Crippen LogP contribution in [-0.2, 0) is 25.7 Å². The Balaban J connectivity index is 1.61. The highest BCUT2D eigenvalue weighted by atomic mass is 32.2. The fourth-order valence-electron chi connectivity index (χ4n) is 4.61. The molecule has 35 heavy (non-hydrogen) atoms. The van der Waals surface area contributed by atoms with Crippen molar-refractivity contribution in [2.24, 2.45) is 5.92 Å². The number of carbonyl (C=O) groups excluding carboxylic acids is 3. The number of carbonyl (C=O) groups is 3. The Morgan fingerprint density at radius 1 is 1.20 bits per heavy atom. The van der Waals surface area contributed by atoms with E-state index >= 15 is 0 Å². The number of thioether (sulfide) groups is 1. The summed E-state index contributed by atoms with van der Waals surface area (Å²) in [6.45, 7) is 4.85. The van der Waals surface area contributed by atoms with E-state index < -0.39 is 6.04 Å². The maximum Gasteiger partial charge on any atom is 0.325 e. The third-order valence-corrected chi connectivity index (χ3v) is 7.50. The first-order valence-electron chi connectivity index (χ1n) is 12.1. The summed E-state index contributed by atoms with van der Waals surface area (Å²) >= 11 is 1.29. The maximum absolute atomic E-state index is 14.8. The Hall–Kier alpha value is -2.71. The van der Waals surface area contributed by atoms with Crippen LogP contribution in [0.5, 0.6) is 0 Å². The molecule has 1 saturated heterocycles. The first kappa shape index (κ1) is 25.4. The third kappa shape index (κ3) is 6.49. The molecule has 8 heteroatoms. The van der Waals surface area contributed by atoms with E-state index in [1.54, 1.807) is 36.6 Å². The van der Waals surface area contributed by atoms with Crippen LogP contribution in [0, 0.1) is 11.7 Å². The number of hydrogen-bond acceptors (Lipinski definition) is 6. The predicted molar refractivity (Wildman–Crippen MR) is 134 cm³/mol. The van der Waals surface area contributed by atoms with Gasteiger partial charge in [0.05, 0.1) is 12.6 Å². The van der Waals surface area contributed by atoms with E-state index in [1.165, 1.54) is 17.8 Å². The van der Waals surface area contributed by atoms with Crippen LogP contribution in [-0.4, -0.2) is 51.3 Å². The van der Waals surface area contributed by atoms with Crippen LogP contribution in [0.25, 0.3) is 6.08 Å². The molecule has 2 aliphatic rings. The molecule has 2 atom stereocenters. The standard InChI is InChI=1S/C27H31FN2O4S/c1-3-34-25(32)17-29-12-10-19(15-29)14-21-16-30(13-11-24(21)35-18(2)31)26(27(33)20-8-9-20)22-6-4-5-7-23(22)28/h4-7,10,12,14-15,20,24,26H,3,8-9,11,13,16-17H2,1-2H3/b21-14-. The van der Waals surface area contributed by atoms with Crippen LogP contribution in [0.2, 0.25) is 0 Å². The van der Waals surface area contributed by atoms with Crippen LogP contribution < -0.4 is 0 Å². The lowest BCUT2D eigenvalue weighted by Gasteiger charge is -2.38. The van der Waals surface area contributed by atoms with Gasteiger partial charge in [-0.2, -0.15) is 0 Å². The van der Waals surface area contributed by atoms with Crippen LogP contribution >= 0.6 is 11.8 Å². The van der Waals surface area contributed by atoms with Crippen LogP contribution in [0.4, 0.5) is 4.39 Å². The van der Waals surface area contributed by atoms with Crippen molar-refractivity contribution in [2.75, 3.05) is 19.7 Å². The molecule has 0 N–H and O–H groups in total. The van der Waals surface area contributed by atoms with Gasteiger partial charge in [0.1, 0.15) is 12.4 Å². The minimum atomic E-state index is -0.635. The number of hydrogen-bond donors (Lipinski definition) is 0. The quantitative estimate of drug-likeness (QED) is 0.469. The zero-order valence-corrected chi connectivity index (χ0v) is 20.9. The fraction of sp³-hybridized carbons (Fsp3) is 0.444. The Bertz CT molecular complexity index is 1120. The van der Waals surface area contributed by atoms with E-state index in [0.29, 0.717) is 31.7 Å². The summed E-state index contributed by atoms with van der Waals surface area (Å²) in [5, 5.41) is 0.0170. The number of ketones is 1. The van der Waals surface area contributed by atoms with Crippen LogP contribution in [0.15, 0.2) is 48.3 Å². The number of Topliss-reactive ketones (excluding diaryl/α,β-unsaturated/α-hetero) is 1. The molecular formula is C27H31FN2O4S. The zero-order valence-electron chi connectivity index (χ0n) is 20.1. The minimum Gasteiger partial charge on any atom is -0.465 e. The van der Waals surface area contributed by atoms with Crippen molar-refractivity contribution < 1.29 is 23.5 Å². The number of halogens is 1. The van der Waals surface area contributed by atoms with Crippen molar-refractivity contribution in [3.8, 4) is 0 Å². The van der Waals surface area contributed by atoms with Crippen LogP contribution in [0.1, 0.15) is 50.3 Å². The summed E-state index contributed by atoms with van der Waals surface area (Å²) in [7, 11) is 0. The second-order valence-corrected chi connectivity index (χ2v) is 10.5. The molecule has 0 bridgehead atoms. The third-order valence-electron chi connectivity index (χ3n) is 6.34. The molecule has 0 amide bonds. The molecule has 1 aromatic carbocycles. The number of nitrogens with zero attached hydrogens (tertiary/aromatic N) is 2. The molecule has 1 aromatic heterocycles. The van der Waals surface area contributed by atoms with Crippen molar-refractivity contribution in [3.05, 3.63) is 65.2 Å². The molecule has 0 radical (unpaired) electrons. The molecule has 1 aliphatic heterocycles. The van der Waals surface area contributed by atoms with E-state index in [0.717, 1.165) is 24.0 Å². The second-order valence-electron chi connectivity index (χ2n) is 9.10. The van der Waals surface area contributed by atoms with Gasteiger partial charge in [0.25, 0.3) is 0 Å². The Labute approximate surface area is 209 Å². The number of rotatable bonds is 9. The van der Waals surface area contributed by atoms with Crippen molar-refractivity contribution in [1.82, 2.24) is 9.47 Å². The monoisotopic (exact) mass is 498 g/mol. The number of aromatic nitrogens is 1. The van der Waals surface area contributed by atoms with Crippen molar-refractivity contribution >= 4 is 34.7 Å². The predicted octanol–water partition coefficient (Wildman–Crippen LogP) is 4.65. The van der Waals surface area contributed by atoms with Gasteiger partial charge in [-0.3, -0.25) is 19.3 Å². The van der Waals surface area contributed by atoms with E-state index in [4.69, 9.17) is 4.74 Å². The molecule has 1 aliphatic carbocycles. The van der Waals surface area contributed by atoms with Gasteiger partial charge < -0.3 is 9.30 Å². The molecule has 4 rings (SSSR count). The van der Waals surface area contributed by atoms with Gasteiger partial charge in [-0.05, 0) is 49.5 Å². The smallest absolute Gasteiger partial charge is 0.325 e. The van der Waals surface area contributed by atoms with Gasteiger partial charge in [-0.25, -0.2) is 4.39 Å². The first-order valence-corrected chi connectivity index (χ1v) is 12.9. The van der Waals surface area contributed by atoms with E-state index in [1.807, 2.05) is 24.5 Å². The van der Waals surface area contributed by atoms with Crippen molar-refractivity contribution in [2.45, 2.75) is 50.9 Å². The second kappa shape index (κ2) is 11.4. The molecular weight excluding hydrogens is 467 g/mol. The molecule has 2 aromatic rings. The molecule has 186 valence electrons. The summed E-state index contributed by atoms with van der Waals surface area (Å²) in [5.41, 5.74) is 2.33. The van der Waals surface area contributed by atoms with Gasteiger partial charge in [-0.1, -0.05) is 36.0 Å². The molecule has 2 unspecified atom stereocenters. The lowest BCUT2D eigenvalue weighted by molar-refractivity contribution is -0.143. The van der Waals surface area contributed by atoms with Gasteiger partial charge in [0, 0.05) is 49.1 Å². The normalized spacial score (nSPS) is 20.5. The van der Waals surface area contributed by atoms with Crippen molar-refractivity contribution in [3.63, 3.8) is 0 Å². The topological polar surface area (TPSA) is 68.6 Å². The lowest BCUT2D eigenvalue weighted by atomic mass is 9.93. The number of likely N-dealkylation sites (tertiary alicyclic amines) is 1. The molecule has 0 spiro atoms. The lowest BCUT2D eigenvalue weighted by Crippen LogP contribution is -2.43. The van der Waals surface area contributed by atoms with Gasteiger partial charge in [0.2, 0.25) is 0 Å². The Kier molecular flexibility index (Phi) is 8.23. The highest BCUT2D eigenvalue weighted by molar-refractivity contribution is 8.14. The zero-order chi connectivity index (χ0) is 24.9. The van der Waals surface area contributed by atoms with Gasteiger partial charge in [0.15, 0.2) is 10.9 Å². The molecule has 1 saturated carbocycles. The number of benzene rings is 1. The molecule has 6 nitrogen and oxygen atoms in total. The van der Waals surface area contributed by atoms with E-state index in [-0.39, 0.29) is 40.4 Å². The molecule has 2 heterocycles. The highest BCUT2D eigenvalue weighted by Gasteiger charge is 2.41. The number of esters is 1. The maximum atomic E-state index is 14.8. The summed E-state index contributed by atoms with van der Waals surface area (Å²) in [6, 6.07) is 7.79. The first-order chi connectivity index (χ1) is 16.9. The Morgan fingerprint density at radius 2 is 1.97 bits per heavy atom. The van der Waals surface area contributed by atoms with Gasteiger partial charge in [-0.15, -0.1) is 0 Å². The average Bonchev–Trinajstić information content (AvgIpc) is 3.58. The fourth-order valence-corrected chi connectivity index (χ4v) is 5.53. The van der Waals surface area contributed by atoms with E-state index in [2.05, 4.69) is 4.90 Å². The van der Waals surface area contributed by atoms with Gasteiger partial charge >= 0.3 is 5.97 Å². The largest absolute Gasteiger partial charge is 0.465 e. The SMILES string of the molecule is CCOC(=O)Cn1ccc(/C=C2/CN(C(C(=O)C3CC3)c3ccccc3F)CCC2SC(C)=O)c1. The average molecular weight is 499 g/mol. The molecule has 2 fully saturated rings. The number of piperidine rings is 1. The highest BCUT2D eigenvalue weighted by Crippen LogP contribution is 2.40. The summed E-state index contributed by atoms with van der Waals surface area (Å²) < 4.78 is 21.6. The number of ether oxygens (including phenoxy) is 1. The summed E-state index contributed by atoms with van der Waals surface area (Å²) in [4.78, 5) is 39.1. The minimum absolute atomic E-state index is 0.00624. The summed E-state index contributed by atoms with van der Waals surface area (Å²) in [6.07, 6.45) is 8.10. The van der Waals surface area contributed by atoms with Crippen molar-refractivity contribution in [1.29, 1.82) is 0 Å². The Morgan fingerprint density at radius 3 is 2.66 bits per heavy atom. The van der Waals surface area contributed by atoms with Crippen LogP contribution in [0.3, 0.4) is 0 Å². The van der Waals surface area contributed by atoms with E-state index in [9.17, 15) is 18.8 Å².